The molecule has 4 heterocycles. The molecule has 2 aromatic heterocycles. The Bertz CT molecular complexity index is 2630. The molecule has 5 aromatic rings. The predicted octanol–water partition coefficient (Wildman–Crippen LogP) is 6.33. The van der Waals surface area contributed by atoms with E-state index in [9.17, 15) is 29.4 Å². The first-order valence-electron chi connectivity index (χ1n) is 24.9. The molecule has 6 N–H and O–H groups in total. The average molecular weight is 1000 g/mol. The van der Waals surface area contributed by atoms with Crippen LogP contribution < -0.4 is 25.8 Å². The third kappa shape index (κ3) is 14.3. The van der Waals surface area contributed by atoms with Crippen molar-refractivity contribution in [1.82, 2.24) is 40.5 Å². The van der Waals surface area contributed by atoms with E-state index < -0.39 is 29.5 Å². The van der Waals surface area contributed by atoms with E-state index in [-0.39, 0.29) is 54.7 Å². The van der Waals surface area contributed by atoms with Crippen LogP contribution in [0.15, 0.2) is 84.4 Å². The first-order valence-corrected chi connectivity index (χ1v) is 25.8. The second kappa shape index (κ2) is 24.7. The monoisotopic (exact) mass is 1000 g/mol. The molecular weight excluding hydrogens is 935 g/mol. The van der Waals surface area contributed by atoms with Crippen molar-refractivity contribution in [3.8, 4) is 38.9 Å². The Morgan fingerprint density at radius 3 is 2.36 bits per heavy atom. The van der Waals surface area contributed by atoms with E-state index in [0.29, 0.717) is 75.4 Å². The third-order valence-electron chi connectivity index (χ3n) is 13.3. The van der Waals surface area contributed by atoms with Gasteiger partial charge in [0.2, 0.25) is 23.6 Å². The molecule has 0 unspecified atom stereocenters. The van der Waals surface area contributed by atoms with Crippen LogP contribution in [0.3, 0.4) is 0 Å². The van der Waals surface area contributed by atoms with Crippen LogP contribution in [0.5, 0.6) is 17.2 Å². The van der Waals surface area contributed by atoms with E-state index in [1.807, 2.05) is 93.6 Å². The number of nitrogens with one attached hydrogen (secondary N) is 2. The van der Waals surface area contributed by atoms with E-state index in [0.717, 1.165) is 52.6 Å². The molecule has 2 saturated heterocycles. The summed E-state index contributed by atoms with van der Waals surface area (Å²) in [7, 11) is 0. The number of thiazole rings is 1. The van der Waals surface area contributed by atoms with Gasteiger partial charge in [-0.15, -0.1) is 21.5 Å². The number of amides is 4. The van der Waals surface area contributed by atoms with Gasteiger partial charge in [-0.25, -0.2) is 4.98 Å². The summed E-state index contributed by atoms with van der Waals surface area (Å²) in [5, 5.41) is 35.0. The predicted molar refractivity (Wildman–Crippen MR) is 277 cm³/mol. The van der Waals surface area contributed by atoms with Crippen molar-refractivity contribution < 1.29 is 38.9 Å². The number of hydrogen-bond donors (Lipinski definition) is 5. The number of hydrogen-bond acceptors (Lipinski definition) is 14. The molecule has 17 nitrogen and oxygen atoms in total. The molecule has 0 spiro atoms. The Hall–Kier alpha value is -6.63. The van der Waals surface area contributed by atoms with Crippen LogP contribution in [-0.2, 0) is 25.6 Å². The average Bonchev–Trinajstić information content (AvgIpc) is 3.98. The molecule has 2 aliphatic heterocycles. The number of anilines is 1. The summed E-state index contributed by atoms with van der Waals surface area (Å²) in [5.41, 5.74) is 12.1. The second-order valence-corrected chi connectivity index (χ2v) is 20.6. The zero-order valence-corrected chi connectivity index (χ0v) is 42.8. The molecule has 4 atom stereocenters. The number of benzene rings is 3. The lowest BCUT2D eigenvalue weighted by molar-refractivity contribution is -0.144. The fourth-order valence-electron chi connectivity index (χ4n) is 9.05. The zero-order chi connectivity index (χ0) is 51.4. The molecule has 3 aromatic carbocycles. The number of ether oxygens (including phenoxy) is 2. The number of aliphatic hydroxyl groups excluding tert-OH is 1. The molecule has 0 saturated carbocycles. The van der Waals surface area contributed by atoms with Gasteiger partial charge in [0, 0.05) is 76.6 Å². The molecule has 0 radical (unpaired) electrons. The molecule has 384 valence electrons. The molecular formula is C54H69N9O8S. The summed E-state index contributed by atoms with van der Waals surface area (Å²) >= 11 is 1.58. The van der Waals surface area contributed by atoms with Crippen molar-refractivity contribution >= 4 is 40.8 Å². The summed E-state index contributed by atoms with van der Waals surface area (Å²) in [6.07, 6.45) is 2.34. The largest absolute Gasteiger partial charge is 0.507 e. The molecule has 0 bridgehead atoms. The van der Waals surface area contributed by atoms with Crippen LogP contribution in [0, 0.1) is 12.3 Å². The van der Waals surface area contributed by atoms with Crippen molar-refractivity contribution in [3.63, 3.8) is 0 Å². The Morgan fingerprint density at radius 2 is 1.64 bits per heavy atom. The van der Waals surface area contributed by atoms with Crippen molar-refractivity contribution in [2.24, 2.45) is 5.41 Å². The van der Waals surface area contributed by atoms with E-state index in [2.05, 4.69) is 30.7 Å². The van der Waals surface area contributed by atoms with Gasteiger partial charge in [-0.3, -0.25) is 24.1 Å². The molecule has 72 heavy (non-hydrogen) atoms. The van der Waals surface area contributed by atoms with Gasteiger partial charge in [-0.2, -0.15) is 0 Å². The number of aliphatic hydroxyl groups is 1. The number of aromatic nitrogens is 3. The number of phenolic OH excluding ortho intramolecular Hbond substituents is 1. The first kappa shape index (κ1) is 53.2. The van der Waals surface area contributed by atoms with Crippen LogP contribution in [-0.4, -0.2) is 134 Å². The van der Waals surface area contributed by atoms with E-state index in [4.69, 9.17) is 15.2 Å². The molecule has 7 rings (SSSR count). The number of carbonyl (C=O) groups excluding carboxylic acids is 4. The van der Waals surface area contributed by atoms with Crippen molar-refractivity contribution in [1.29, 1.82) is 0 Å². The first-order chi connectivity index (χ1) is 34.5. The number of nitrogens with zero attached hydrogens (tertiary/aromatic N) is 6. The number of unbranched alkanes of at least 4 members (excludes halogenated alkanes) is 2. The summed E-state index contributed by atoms with van der Waals surface area (Å²) < 4.78 is 12.1. The number of nitrogens with two attached hydrogens (primary N) is 1. The number of phenols is 1. The highest BCUT2D eigenvalue weighted by Gasteiger charge is 2.44. The van der Waals surface area contributed by atoms with Crippen molar-refractivity contribution in [3.05, 3.63) is 101 Å². The maximum absolute atomic E-state index is 14.1. The fraction of sp³-hybridized carbons (Fsp3) is 0.463. The molecule has 18 heteroatoms. The van der Waals surface area contributed by atoms with Gasteiger partial charge in [0.15, 0.2) is 11.6 Å². The summed E-state index contributed by atoms with van der Waals surface area (Å²) in [6, 6.07) is 22.2. The second-order valence-electron chi connectivity index (χ2n) is 19.8. The topological polar surface area (TPSA) is 226 Å². The summed E-state index contributed by atoms with van der Waals surface area (Å²) in [4.78, 5) is 65.3. The van der Waals surface area contributed by atoms with E-state index in [1.54, 1.807) is 41.7 Å². The van der Waals surface area contributed by atoms with Gasteiger partial charge in [-0.1, -0.05) is 75.7 Å². The lowest BCUT2D eigenvalue weighted by atomic mass is 9.85. The van der Waals surface area contributed by atoms with Gasteiger partial charge in [0.1, 0.15) is 35.9 Å². The number of likely N-dealkylation sites (tertiary alicyclic amines) is 1. The normalized spacial score (nSPS) is 17.0. The summed E-state index contributed by atoms with van der Waals surface area (Å²) in [6.45, 7) is 13.8. The van der Waals surface area contributed by atoms with Crippen LogP contribution in [0.25, 0.3) is 21.7 Å². The minimum absolute atomic E-state index is 0.00165. The van der Waals surface area contributed by atoms with Crippen LogP contribution in [0.2, 0.25) is 0 Å². The van der Waals surface area contributed by atoms with E-state index in [1.165, 1.54) is 4.90 Å². The number of rotatable bonds is 21. The maximum atomic E-state index is 14.1. The van der Waals surface area contributed by atoms with Gasteiger partial charge in [0.05, 0.1) is 34.8 Å². The zero-order valence-electron chi connectivity index (χ0n) is 42.0. The number of piperazine rings is 1. The Labute approximate surface area is 426 Å². The minimum atomic E-state index is -0.910. The van der Waals surface area contributed by atoms with Gasteiger partial charge < -0.3 is 45.9 Å². The Morgan fingerprint density at radius 1 is 0.889 bits per heavy atom. The van der Waals surface area contributed by atoms with Crippen molar-refractivity contribution in [2.45, 2.75) is 104 Å². The maximum Gasteiger partial charge on any atom is 0.246 e. The molecule has 2 fully saturated rings. The highest BCUT2D eigenvalue weighted by Crippen LogP contribution is 2.32. The molecule has 0 aliphatic carbocycles. The smallest absolute Gasteiger partial charge is 0.246 e. The number of nitrogen functional groups attached to an aromatic ring is 1. The Balaban J connectivity index is 0.773. The SMILES string of the molecule is Cc1ncsc1-c1ccc([C@H](C)NC(=O)[C@@H]2C[C@@H](O)CN2C(=O)[C@@H](NC(=O)CCCCCC(=O)N2CCN(CCOc3cccc(CCOc4cc(-c5ccccc5O)nnc4N)c3)CC2)C(C)(C)C)cc1. The standard InChI is InChI=1S/C54H69N9O8S/c1-35(38-18-20-39(21-19-38)49-36(2)56-34-72-49)57-52(68)44-31-40(64)33-63(44)53(69)50(54(3,4)5)58-47(66)16-7-6-8-17-48(67)62-25-23-61(24-26-62)27-29-70-41-13-11-12-37(30-41)22-28-71-46-32-43(59-60-51(46)55)42-14-9-10-15-45(42)65/h9-15,18-21,30,32,34-35,40,44,50,64-65H,6-8,16-17,22-29,31,33H2,1-5H3,(H2,55,60)(H,57,68)(H,58,66)/t35-,40+,44-,50+/m0/s1. The van der Waals surface area contributed by atoms with Crippen molar-refractivity contribution in [2.75, 3.05) is 58.2 Å². The minimum Gasteiger partial charge on any atom is -0.507 e. The highest BCUT2D eigenvalue weighted by molar-refractivity contribution is 7.13. The number of carbonyl (C=O) groups is 4. The van der Waals surface area contributed by atoms with Gasteiger partial charge >= 0.3 is 0 Å². The lowest BCUT2D eigenvalue weighted by Crippen LogP contribution is -2.57. The molecule has 4 amide bonds. The number of aromatic hydroxyl groups is 1. The van der Waals surface area contributed by atoms with Crippen LogP contribution >= 0.6 is 11.3 Å². The Kier molecular flexibility index (Phi) is 18.2. The van der Waals surface area contributed by atoms with Gasteiger partial charge in [-0.05, 0) is 73.1 Å². The third-order valence-corrected chi connectivity index (χ3v) is 14.2. The lowest BCUT2D eigenvalue weighted by Gasteiger charge is -2.35. The van der Waals surface area contributed by atoms with Crippen LogP contribution in [0.4, 0.5) is 5.82 Å². The number of aryl methyl sites for hydroxylation is 1. The van der Waals surface area contributed by atoms with Gasteiger partial charge in [0.25, 0.3) is 0 Å². The number of para-hydroxylation sites is 1. The molecule has 2 aliphatic rings. The number of β-amino-alcohol motifs (C(OH)–C–C–N with tert-alkyl or cyclic N) is 1. The highest BCUT2D eigenvalue weighted by atomic mass is 32.1. The quantitative estimate of drug-likeness (QED) is 0.0508. The van der Waals surface area contributed by atoms with E-state index >= 15 is 0 Å². The van der Waals surface area contributed by atoms with Crippen LogP contribution in [0.1, 0.15) is 89.1 Å². The fourth-order valence-corrected chi connectivity index (χ4v) is 9.86. The summed E-state index contributed by atoms with van der Waals surface area (Å²) in [5.74, 6) is 0.491.